The summed E-state index contributed by atoms with van der Waals surface area (Å²) in [5, 5.41) is 31.0. The van der Waals surface area contributed by atoms with Crippen LogP contribution in [0.4, 0.5) is 11.6 Å². The lowest BCUT2D eigenvalue weighted by Gasteiger charge is -2.20. The Kier molecular flexibility index (Phi) is 4.74. The number of benzene rings is 2. The molecule has 2 aromatic carbocycles. The molecule has 0 amide bonds. The summed E-state index contributed by atoms with van der Waals surface area (Å²) in [5.41, 5.74) is 2.50. The molecular formula is C20H20N6O4. The van der Waals surface area contributed by atoms with E-state index >= 15 is 0 Å². The summed E-state index contributed by atoms with van der Waals surface area (Å²) >= 11 is 0. The van der Waals surface area contributed by atoms with Gasteiger partial charge in [0.2, 0.25) is 0 Å². The number of aromatic amines is 1. The van der Waals surface area contributed by atoms with E-state index in [4.69, 9.17) is 4.52 Å². The maximum Gasteiger partial charge on any atom is 0.357 e. The Balaban J connectivity index is 1.63. The van der Waals surface area contributed by atoms with Gasteiger partial charge in [0.05, 0.1) is 11.1 Å². The van der Waals surface area contributed by atoms with E-state index in [2.05, 4.69) is 20.3 Å². The number of fused-ring (bicyclic) bond motifs is 1. The second-order valence-corrected chi connectivity index (χ2v) is 7.07. The van der Waals surface area contributed by atoms with Gasteiger partial charge in [-0.2, -0.15) is 10.1 Å². The van der Waals surface area contributed by atoms with E-state index in [0.29, 0.717) is 34.5 Å². The maximum absolute atomic E-state index is 11.4. The molecule has 4 rings (SSSR count). The number of rotatable bonds is 6. The van der Waals surface area contributed by atoms with Crippen molar-refractivity contribution in [1.29, 1.82) is 0 Å². The maximum atomic E-state index is 11.4. The minimum Gasteiger partial charge on any atom is -0.507 e. The number of nitrogens with one attached hydrogen (secondary N) is 1. The Hall–Kier alpha value is -4.08. The molecule has 10 nitrogen and oxygen atoms in total. The minimum absolute atomic E-state index is 0.0295. The van der Waals surface area contributed by atoms with Crippen LogP contribution in [0.1, 0.15) is 16.1 Å². The van der Waals surface area contributed by atoms with Gasteiger partial charge in [-0.05, 0) is 29.4 Å². The van der Waals surface area contributed by atoms with Crippen LogP contribution in [0, 0.1) is 0 Å². The largest absolute Gasteiger partial charge is 0.507 e. The lowest BCUT2D eigenvalue weighted by molar-refractivity contribution is 0.0692. The molecule has 0 saturated carbocycles. The first-order valence-corrected chi connectivity index (χ1v) is 9.10. The molecule has 2 aromatic heterocycles. The third-order valence-corrected chi connectivity index (χ3v) is 4.76. The van der Waals surface area contributed by atoms with Crippen molar-refractivity contribution in [3.63, 3.8) is 0 Å². The summed E-state index contributed by atoms with van der Waals surface area (Å²) in [7, 11) is 5.45. The molecule has 0 atom stereocenters. The highest BCUT2D eigenvalue weighted by atomic mass is 16.5. The molecule has 0 saturated heterocycles. The van der Waals surface area contributed by atoms with E-state index < -0.39 is 5.97 Å². The Bertz CT molecular complexity index is 1230. The van der Waals surface area contributed by atoms with Gasteiger partial charge in [-0.3, -0.25) is 5.10 Å². The van der Waals surface area contributed by atoms with Crippen molar-refractivity contribution in [2.24, 2.45) is 0 Å². The fourth-order valence-electron chi connectivity index (χ4n) is 3.15. The van der Waals surface area contributed by atoms with Gasteiger partial charge in [0.15, 0.2) is 5.69 Å². The second kappa shape index (κ2) is 7.39. The van der Waals surface area contributed by atoms with Crippen molar-refractivity contribution < 1.29 is 19.5 Å². The van der Waals surface area contributed by atoms with E-state index in [1.54, 1.807) is 49.3 Å². The Labute approximate surface area is 171 Å². The van der Waals surface area contributed by atoms with Crippen LogP contribution in [0.25, 0.3) is 22.4 Å². The zero-order chi connectivity index (χ0) is 21.4. The van der Waals surface area contributed by atoms with Crippen LogP contribution in [0.2, 0.25) is 0 Å². The summed E-state index contributed by atoms with van der Waals surface area (Å²) in [4.78, 5) is 19.2. The summed E-state index contributed by atoms with van der Waals surface area (Å²) in [6, 6.07) is 10.7. The van der Waals surface area contributed by atoms with Crippen molar-refractivity contribution >= 4 is 28.5 Å². The zero-order valence-corrected chi connectivity index (χ0v) is 16.6. The molecule has 4 aromatic rings. The van der Waals surface area contributed by atoms with Gasteiger partial charge >= 0.3 is 5.97 Å². The van der Waals surface area contributed by atoms with E-state index in [1.165, 1.54) is 0 Å². The number of carbonyl (C=O) groups is 1. The predicted octanol–water partition coefficient (Wildman–Crippen LogP) is 2.72. The number of aromatic nitrogens is 4. The van der Waals surface area contributed by atoms with Crippen molar-refractivity contribution in [3.8, 4) is 17.2 Å². The molecular weight excluding hydrogens is 388 g/mol. The normalized spacial score (nSPS) is 11.0. The van der Waals surface area contributed by atoms with Gasteiger partial charge in [0, 0.05) is 44.3 Å². The molecule has 30 heavy (non-hydrogen) atoms. The van der Waals surface area contributed by atoms with E-state index in [1.807, 2.05) is 18.0 Å². The zero-order valence-electron chi connectivity index (χ0n) is 16.6. The molecule has 0 radical (unpaired) electrons. The smallest absolute Gasteiger partial charge is 0.357 e. The van der Waals surface area contributed by atoms with Crippen molar-refractivity contribution in [2.45, 2.75) is 6.54 Å². The first kappa shape index (κ1) is 19.2. The van der Waals surface area contributed by atoms with Crippen LogP contribution >= 0.6 is 0 Å². The highest BCUT2D eigenvalue weighted by Crippen LogP contribution is 2.33. The Morgan fingerprint density at radius 2 is 2.00 bits per heavy atom. The average molecular weight is 408 g/mol. The number of hydrogen-bond donors (Lipinski definition) is 3. The fraction of sp³-hybridized carbons (Fsp3) is 0.200. The number of phenols is 1. The van der Waals surface area contributed by atoms with Gasteiger partial charge in [-0.15, -0.1) is 0 Å². The molecule has 10 heteroatoms. The monoisotopic (exact) mass is 408 g/mol. The molecule has 2 heterocycles. The van der Waals surface area contributed by atoms with Gasteiger partial charge in [-0.1, -0.05) is 12.1 Å². The first-order chi connectivity index (χ1) is 14.3. The Morgan fingerprint density at radius 1 is 1.20 bits per heavy atom. The standard InChI is InChI=1S/C20H20N6O4/c1-25(2)20-21-18(30-24-20)13-6-4-5-11(17(13)27)10-26(3)12-7-8-15-14(9-12)16(19(28)29)23-22-15/h4-9,27H,10H2,1-3H3,(H,22,23)(H,28,29). The summed E-state index contributed by atoms with van der Waals surface area (Å²) < 4.78 is 5.27. The molecule has 0 unspecified atom stereocenters. The third kappa shape index (κ3) is 3.39. The number of anilines is 2. The lowest BCUT2D eigenvalue weighted by Crippen LogP contribution is -2.16. The molecule has 3 N–H and O–H groups in total. The SMILES string of the molecule is CN(C)c1noc(-c2cccc(CN(C)c3ccc4[nH]nc(C(=O)O)c4c3)c2O)n1. The van der Waals surface area contributed by atoms with Gasteiger partial charge in [-0.25, -0.2) is 4.79 Å². The van der Waals surface area contributed by atoms with Crippen molar-refractivity contribution in [2.75, 3.05) is 30.9 Å². The van der Waals surface area contributed by atoms with Gasteiger partial charge in [0.1, 0.15) is 5.75 Å². The van der Waals surface area contributed by atoms with Crippen molar-refractivity contribution in [1.82, 2.24) is 20.3 Å². The molecule has 0 aliphatic rings. The number of phenolic OH excluding ortho intramolecular Hbond substituents is 1. The second-order valence-electron chi connectivity index (χ2n) is 7.07. The molecule has 0 spiro atoms. The number of carboxylic acid groups (broad SMARTS) is 1. The number of aromatic carboxylic acids is 1. The number of carboxylic acids is 1. The van der Waals surface area contributed by atoms with Gasteiger partial charge < -0.3 is 24.5 Å². The van der Waals surface area contributed by atoms with E-state index in [9.17, 15) is 15.0 Å². The van der Waals surface area contributed by atoms with Crippen LogP contribution in [0.3, 0.4) is 0 Å². The van der Waals surface area contributed by atoms with Crippen molar-refractivity contribution in [3.05, 3.63) is 47.7 Å². The average Bonchev–Trinajstić information content (AvgIpc) is 3.36. The fourth-order valence-corrected chi connectivity index (χ4v) is 3.15. The summed E-state index contributed by atoms with van der Waals surface area (Å²) in [6.07, 6.45) is 0. The minimum atomic E-state index is -1.09. The van der Waals surface area contributed by atoms with Crippen LogP contribution in [0.5, 0.6) is 5.75 Å². The highest BCUT2D eigenvalue weighted by molar-refractivity contribution is 6.01. The van der Waals surface area contributed by atoms with Crippen LogP contribution < -0.4 is 9.80 Å². The lowest BCUT2D eigenvalue weighted by atomic mass is 10.1. The molecule has 0 aliphatic heterocycles. The first-order valence-electron chi connectivity index (χ1n) is 9.10. The molecule has 0 bridgehead atoms. The van der Waals surface area contributed by atoms with Crippen LogP contribution in [-0.4, -0.2) is 57.7 Å². The Morgan fingerprint density at radius 3 is 2.70 bits per heavy atom. The topological polar surface area (TPSA) is 132 Å². The highest BCUT2D eigenvalue weighted by Gasteiger charge is 2.18. The third-order valence-electron chi connectivity index (χ3n) is 4.76. The molecule has 0 fully saturated rings. The predicted molar refractivity (Wildman–Crippen MR) is 111 cm³/mol. The number of H-pyrrole nitrogens is 1. The summed E-state index contributed by atoms with van der Waals surface area (Å²) in [5.74, 6) is -0.404. The molecule has 154 valence electrons. The van der Waals surface area contributed by atoms with Crippen LogP contribution in [0.15, 0.2) is 40.9 Å². The molecule has 0 aliphatic carbocycles. The number of nitrogens with zero attached hydrogens (tertiary/aromatic N) is 5. The quantitative estimate of drug-likeness (QED) is 0.440. The number of hydrogen-bond acceptors (Lipinski definition) is 8. The number of para-hydroxylation sites is 1. The van der Waals surface area contributed by atoms with E-state index in [-0.39, 0.29) is 17.3 Å². The number of aromatic hydroxyl groups is 1. The van der Waals surface area contributed by atoms with Crippen LogP contribution in [-0.2, 0) is 6.54 Å². The summed E-state index contributed by atoms with van der Waals surface area (Å²) in [6.45, 7) is 0.375. The van der Waals surface area contributed by atoms with Gasteiger partial charge in [0.25, 0.3) is 11.8 Å². The van der Waals surface area contributed by atoms with E-state index in [0.717, 1.165) is 5.69 Å².